The van der Waals surface area contributed by atoms with E-state index in [1.54, 1.807) is 36.4 Å². The van der Waals surface area contributed by atoms with E-state index in [-0.39, 0.29) is 11.8 Å². The van der Waals surface area contributed by atoms with Gasteiger partial charge in [-0.05, 0) is 49.2 Å². The molecule has 2 N–H and O–H groups in total. The average molecular weight is 416 g/mol. The summed E-state index contributed by atoms with van der Waals surface area (Å²) in [6, 6.07) is 14.1. The predicted molar refractivity (Wildman–Crippen MR) is 112 cm³/mol. The van der Waals surface area contributed by atoms with Crippen LogP contribution in [0.15, 0.2) is 57.7 Å². The largest absolute Gasteiger partial charge is 0.419 e. The smallest absolute Gasteiger partial charge is 0.408 e. The molecule has 8 heteroatoms. The van der Waals surface area contributed by atoms with Gasteiger partial charge in [-0.3, -0.25) is 14.2 Å². The number of nitrogens with one attached hydrogen (secondary N) is 2. The normalized spacial score (nSPS) is 10.8. The minimum Gasteiger partial charge on any atom is -0.408 e. The van der Waals surface area contributed by atoms with Crippen LogP contribution < -0.4 is 16.4 Å². The highest BCUT2D eigenvalue weighted by Crippen LogP contribution is 2.14. The van der Waals surface area contributed by atoms with E-state index < -0.39 is 5.76 Å². The lowest BCUT2D eigenvalue weighted by molar-refractivity contribution is -0.121. The van der Waals surface area contributed by atoms with Gasteiger partial charge in [0.1, 0.15) is 0 Å². The summed E-state index contributed by atoms with van der Waals surface area (Å²) in [6.45, 7) is 0.828. The number of carbonyl (C=O) groups is 2. The first-order valence-electron chi connectivity index (χ1n) is 9.43. The van der Waals surface area contributed by atoms with Gasteiger partial charge in [0.15, 0.2) is 5.58 Å². The maximum absolute atomic E-state index is 12.0. The molecule has 0 fully saturated rings. The zero-order chi connectivity index (χ0) is 20.6. The van der Waals surface area contributed by atoms with Crippen molar-refractivity contribution in [3.8, 4) is 0 Å². The monoisotopic (exact) mass is 415 g/mol. The third kappa shape index (κ3) is 5.96. The van der Waals surface area contributed by atoms with E-state index in [9.17, 15) is 14.4 Å². The lowest BCUT2D eigenvalue weighted by atomic mass is 10.2. The van der Waals surface area contributed by atoms with E-state index in [0.29, 0.717) is 55.1 Å². The second-order valence-corrected chi connectivity index (χ2v) is 7.04. The molecule has 0 saturated heterocycles. The summed E-state index contributed by atoms with van der Waals surface area (Å²) < 4.78 is 6.70. The van der Waals surface area contributed by atoms with Crippen LogP contribution in [0.25, 0.3) is 11.1 Å². The summed E-state index contributed by atoms with van der Waals surface area (Å²) in [7, 11) is 0. The molecule has 2 aromatic carbocycles. The van der Waals surface area contributed by atoms with Crippen molar-refractivity contribution in [1.29, 1.82) is 0 Å². The highest BCUT2D eigenvalue weighted by molar-refractivity contribution is 6.30. The highest BCUT2D eigenvalue weighted by Gasteiger charge is 2.09. The van der Waals surface area contributed by atoms with Crippen LogP contribution in [0.4, 0.5) is 5.69 Å². The van der Waals surface area contributed by atoms with Crippen LogP contribution in [-0.2, 0) is 16.1 Å². The number of fused-ring (bicyclic) bond motifs is 1. The number of carbonyl (C=O) groups excluding carboxylic acids is 2. The Bertz CT molecular complexity index is 1040. The lowest BCUT2D eigenvalue weighted by Gasteiger charge is -2.07. The van der Waals surface area contributed by atoms with E-state index in [1.807, 2.05) is 12.1 Å². The molecular weight excluding hydrogens is 394 g/mol. The quantitative estimate of drug-likeness (QED) is 0.522. The Morgan fingerprint density at radius 1 is 0.966 bits per heavy atom. The van der Waals surface area contributed by atoms with Gasteiger partial charge in [-0.1, -0.05) is 23.7 Å². The zero-order valence-corrected chi connectivity index (χ0v) is 16.6. The van der Waals surface area contributed by atoms with Crippen molar-refractivity contribution >= 4 is 40.2 Å². The summed E-state index contributed by atoms with van der Waals surface area (Å²) in [5, 5.41) is 6.18. The number of para-hydroxylation sites is 2. The molecule has 1 aromatic heterocycles. The molecule has 3 rings (SSSR count). The molecule has 29 heavy (non-hydrogen) atoms. The minimum absolute atomic E-state index is 0.107. The topological polar surface area (TPSA) is 93.3 Å². The standard InChI is InChI=1S/C21H22ClN3O4/c22-15-9-11-16(12-10-15)24-20(27)7-3-13-23-19(26)8-4-14-25-17-5-1-2-6-18(17)29-21(25)28/h1-2,5-6,9-12H,3-4,7-8,13-14H2,(H,23,26)(H,24,27). The molecule has 0 unspecified atom stereocenters. The van der Waals surface area contributed by atoms with Crippen LogP contribution in [0.5, 0.6) is 0 Å². The van der Waals surface area contributed by atoms with Crippen LogP contribution in [0.3, 0.4) is 0 Å². The average Bonchev–Trinajstić information content (AvgIpc) is 3.02. The lowest BCUT2D eigenvalue weighted by Crippen LogP contribution is -2.26. The Kier molecular flexibility index (Phi) is 7.08. The molecular formula is C21H22ClN3O4. The van der Waals surface area contributed by atoms with Crippen LogP contribution in [0.2, 0.25) is 5.02 Å². The first-order chi connectivity index (χ1) is 14.0. The zero-order valence-electron chi connectivity index (χ0n) is 15.8. The number of amides is 2. The summed E-state index contributed by atoms with van der Waals surface area (Å²) >= 11 is 5.80. The summed E-state index contributed by atoms with van der Waals surface area (Å²) in [5.74, 6) is -0.643. The molecule has 0 aliphatic heterocycles. The Morgan fingerprint density at radius 3 is 2.48 bits per heavy atom. The minimum atomic E-state index is -0.418. The van der Waals surface area contributed by atoms with Gasteiger partial charge in [-0.25, -0.2) is 4.79 Å². The van der Waals surface area contributed by atoms with Crippen molar-refractivity contribution in [2.24, 2.45) is 0 Å². The number of anilines is 1. The molecule has 7 nitrogen and oxygen atoms in total. The highest BCUT2D eigenvalue weighted by atomic mass is 35.5. The molecule has 0 atom stereocenters. The molecule has 0 saturated carbocycles. The maximum Gasteiger partial charge on any atom is 0.419 e. The molecule has 3 aromatic rings. The van der Waals surface area contributed by atoms with Gasteiger partial charge in [0.05, 0.1) is 5.52 Å². The number of aryl methyl sites for hydroxylation is 1. The molecule has 0 bridgehead atoms. The fourth-order valence-corrected chi connectivity index (χ4v) is 3.07. The van der Waals surface area contributed by atoms with E-state index in [1.165, 1.54) is 4.57 Å². The predicted octanol–water partition coefficient (Wildman–Crippen LogP) is 3.56. The molecule has 0 radical (unpaired) electrons. The number of benzene rings is 2. The van der Waals surface area contributed by atoms with Gasteiger partial charge < -0.3 is 15.1 Å². The van der Waals surface area contributed by atoms with Crippen LogP contribution in [0, 0.1) is 0 Å². The van der Waals surface area contributed by atoms with Gasteiger partial charge in [0, 0.05) is 36.6 Å². The second-order valence-electron chi connectivity index (χ2n) is 6.60. The Labute approximate surface area is 172 Å². The number of nitrogens with zero attached hydrogens (tertiary/aromatic N) is 1. The third-order valence-corrected chi connectivity index (χ3v) is 4.64. The number of hydrogen-bond donors (Lipinski definition) is 2. The molecule has 152 valence electrons. The molecule has 0 aliphatic rings. The van der Waals surface area contributed by atoms with E-state index in [0.717, 1.165) is 5.52 Å². The Balaban J connectivity index is 1.33. The van der Waals surface area contributed by atoms with Gasteiger partial charge in [-0.15, -0.1) is 0 Å². The van der Waals surface area contributed by atoms with E-state index in [4.69, 9.17) is 16.0 Å². The third-order valence-electron chi connectivity index (χ3n) is 4.39. The van der Waals surface area contributed by atoms with Crippen LogP contribution in [0.1, 0.15) is 25.7 Å². The Morgan fingerprint density at radius 2 is 1.69 bits per heavy atom. The first kappa shape index (κ1) is 20.7. The fraction of sp³-hybridized carbons (Fsp3) is 0.286. The molecule has 0 aliphatic carbocycles. The van der Waals surface area contributed by atoms with Crippen molar-refractivity contribution in [1.82, 2.24) is 9.88 Å². The van der Waals surface area contributed by atoms with Gasteiger partial charge >= 0.3 is 5.76 Å². The van der Waals surface area contributed by atoms with E-state index >= 15 is 0 Å². The summed E-state index contributed by atoms with van der Waals surface area (Å²) in [5.41, 5.74) is 1.95. The van der Waals surface area contributed by atoms with Crippen LogP contribution >= 0.6 is 11.6 Å². The summed E-state index contributed by atoms with van der Waals surface area (Å²) in [4.78, 5) is 35.7. The molecule has 2 amide bonds. The number of aromatic nitrogens is 1. The molecule has 0 spiro atoms. The van der Waals surface area contributed by atoms with Gasteiger partial charge in [0.2, 0.25) is 11.8 Å². The fourth-order valence-electron chi connectivity index (χ4n) is 2.95. The summed E-state index contributed by atoms with van der Waals surface area (Å²) in [6.07, 6.45) is 1.66. The number of halogens is 1. The second kappa shape index (κ2) is 9.93. The Hall–Kier alpha value is -3.06. The maximum atomic E-state index is 12.0. The van der Waals surface area contributed by atoms with Crippen molar-refractivity contribution in [2.45, 2.75) is 32.2 Å². The van der Waals surface area contributed by atoms with Crippen molar-refractivity contribution in [3.63, 3.8) is 0 Å². The molecule has 1 heterocycles. The van der Waals surface area contributed by atoms with Gasteiger partial charge in [-0.2, -0.15) is 0 Å². The number of hydrogen-bond acceptors (Lipinski definition) is 4. The van der Waals surface area contributed by atoms with Crippen molar-refractivity contribution in [2.75, 3.05) is 11.9 Å². The van der Waals surface area contributed by atoms with Gasteiger partial charge in [0.25, 0.3) is 0 Å². The SMILES string of the molecule is O=C(CCCn1c(=O)oc2ccccc21)NCCCC(=O)Nc1ccc(Cl)cc1. The first-order valence-corrected chi connectivity index (χ1v) is 9.81. The van der Waals surface area contributed by atoms with E-state index in [2.05, 4.69) is 10.6 Å². The number of rotatable bonds is 9. The number of oxazole rings is 1. The van der Waals surface area contributed by atoms with Crippen LogP contribution in [-0.4, -0.2) is 22.9 Å². The van der Waals surface area contributed by atoms with Crippen molar-refractivity contribution in [3.05, 3.63) is 64.1 Å². The van der Waals surface area contributed by atoms with Crippen molar-refractivity contribution < 1.29 is 14.0 Å².